The zero-order valence-electron chi connectivity index (χ0n) is 8.57. The molecule has 0 heterocycles. The van der Waals surface area contributed by atoms with E-state index in [9.17, 15) is 4.79 Å². The maximum Gasteiger partial charge on any atom is 0.339 e. The lowest BCUT2D eigenvalue weighted by atomic mass is 10.0. The molecule has 0 spiro atoms. The van der Waals surface area contributed by atoms with Crippen molar-refractivity contribution in [1.29, 1.82) is 5.26 Å². The van der Waals surface area contributed by atoms with Crippen LogP contribution in [0.1, 0.15) is 28.4 Å². The molecule has 1 rings (SSSR count). The summed E-state index contributed by atoms with van der Waals surface area (Å²) in [7, 11) is 0. The van der Waals surface area contributed by atoms with Crippen LogP contribution in [0.5, 0.6) is 0 Å². The first kappa shape index (κ1) is 11.6. The van der Waals surface area contributed by atoms with Crippen LogP contribution in [-0.2, 0) is 4.74 Å². The second-order valence-corrected chi connectivity index (χ2v) is 3.47. The zero-order chi connectivity index (χ0) is 11.4. The molecule has 0 aliphatic heterocycles. The van der Waals surface area contributed by atoms with Crippen LogP contribution < -0.4 is 0 Å². The van der Waals surface area contributed by atoms with Gasteiger partial charge in [-0.15, -0.1) is 12.6 Å². The van der Waals surface area contributed by atoms with Gasteiger partial charge in [-0.05, 0) is 25.5 Å². The maximum atomic E-state index is 11.6. The van der Waals surface area contributed by atoms with Crippen LogP contribution in [0.4, 0.5) is 0 Å². The van der Waals surface area contributed by atoms with Crippen molar-refractivity contribution in [3.8, 4) is 6.07 Å². The highest BCUT2D eigenvalue weighted by molar-refractivity contribution is 7.80. The molecule has 0 fully saturated rings. The van der Waals surface area contributed by atoms with Crippen LogP contribution in [0.15, 0.2) is 17.0 Å². The van der Waals surface area contributed by atoms with Gasteiger partial charge in [0.2, 0.25) is 0 Å². The fourth-order valence-electron chi connectivity index (χ4n) is 1.28. The first-order chi connectivity index (χ1) is 7.11. The standard InChI is InChI=1S/C11H11NO2S/c1-3-14-11(13)10-7(2)4-5-9(15)8(10)6-12/h4-5,15H,3H2,1-2H3. The van der Waals surface area contributed by atoms with Gasteiger partial charge >= 0.3 is 5.97 Å². The molecular formula is C11H11NO2S. The Morgan fingerprint density at radius 2 is 2.27 bits per heavy atom. The van der Waals surface area contributed by atoms with E-state index in [0.29, 0.717) is 17.1 Å². The Kier molecular flexibility index (Phi) is 3.75. The van der Waals surface area contributed by atoms with E-state index in [1.807, 2.05) is 6.07 Å². The van der Waals surface area contributed by atoms with Gasteiger partial charge < -0.3 is 4.74 Å². The van der Waals surface area contributed by atoms with Crippen molar-refractivity contribution >= 4 is 18.6 Å². The smallest absolute Gasteiger partial charge is 0.339 e. The number of hydrogen-bond acceptors (Lipinski definition) is 4. The third-order valence-corrected chi connectivity index (χ3v) is 2.36. The van der Waals surface area contributed by atoms with Gasteiger partial charge in [0.05, 0.1) is 17.7 Å². The highest BCUT2D eigenvalue weighted by Crippen LogP contribution is 2.21. The topological polar surface area (TPSA) is 50.1 Å². The molecule has 0 aromatic heterocycles. The van der Waals surface area contributed by atoms with Crippen molar-refractivity contribution < 1.29 is 9.53 Å². The molecule has 15 heavy (non-hydrogen) atoms. The van der Waals surface area contributed by atoms with Gasteiger partial charge in [-0.2, -0.15) is 5.26 Å². The molecule has 0 saturated carbocycles. The molecule has 1 aromatic carbocycles. The van der Waals surface area contributed by atoms with Crippen LogP contribution in [0.2, 0.25) is 0 Å². The Morgan fingerprint density at radius 1 is 1.60 bits per heavy atom. The molecule has 0 N–H and O–H groups in total. The zero-order valence-corrected chi connectivity index (χ0v) is 9.47. The summed E-state index contributed by atoms with van der Waals surface area (Å²) < 4.78 is 4.88. The van der Waals surface area contributed by atoms with Crippen LogP contribution in [0.25, 0.3) is 0 Å². The van der Waals surface area contributed by atoms with Crippen molar-refractivity contribution in [2.24, 2.45) is 0 Å². The number of nitriles is 1. The van der Waals surface area contributed by atoms with Gasteiger partial charge in [-0.25, -0.2) is 4.79 Å². The monoisotopic (exact) mass is 221 g/mol. The third-order valence-electron chi connectivity index (χ3n) is 1.98. The number of aryl methyl sites for hydroxylation is 1. The van der Waals surface area contributed by atoms with E-state index >= 15 is 0 Å². The number of carbonyl (C=O) groups is 1. The lowest BCUT2D eigenvalue weighted by Gasteiger charge is -2.08. The van der Waals surface area contributed by atoms with Gasteiger partial charge in [0.25, 0.3) is 0 Å². The number of nitrogens with zero attached hydrogens (tertiary/aromatic N) is 1. The number of ether oxygens (including phenoxy) is 1. The van der Waals surface area contributed by atoms with Crippen LogP contribution in [0.3, 0.4) is 0 Å². The van der Waals surface area contributed by atoms with Gasteiger partial charge in [0.1, 0.15) is 6.07 Å². The fourth-order valence-corrected chi connectivity index (χ4v) is 1.51. The summed E-state index contributed by atoms with van der Waals surface area (Å²) in [5.41, 5.74) is 1.31. The lowest BCUT2D eigenvalue weighted by molar-refractivity contribution is 0.0525. The quantitative estimate of drug-likeness (QED) is 0.616. The van der Waals surface area contributed by atoms with Crippen LogP contribution in [-0.4, -0.2) is 12.6 Å². The first-order valence-corrected chi connectivity index (χ1v) is 4.96. The Hall–Kier alpha value is -1.47. The molecule has 3 nitrogen and oxygen atoms in total. The molecule has 0 unspecified atom stereocenters. The molecule has 0 aliphatic carbocycles. The van der Waals surface area contributed by atoms with Gasteiger partial charge in [0.15, 0.2) is 0 Å². The number of esters is 1. The summed E-state index contributed by atoms with van der Waals surface area (Å²) >= 11 is 4.13. The molecule has 4 heteroatoms. The number of carbonyl (C=O) groups excluding carboxylic acids is 1. The Morgan fingerprint density at radius 3 is 2.80 bits per heavy atom. The van der Waals surface area contributed by atoms with Crippen molar-refractivity contribution in [2.75, 3.05) is 6.61 Å². The lowest BCUT2D eigenvalue weighted by Crippen LogP contribution is -2.09. The van der Waals surface area contributed by atoms with Crippen molar-refractivity contribution in [3.05, 3.63) is 28.8 Å². The Labute approximate surface area is 94.1 Å². The number of hydrogen-bond donors (Lipinski definition) is 1. The first-order valence-electron chi connectivity index (χ1n) is 4.51. The maximum absolute atomic E-state index is 11.6. The predicted octanol–water partition coefficient (Wildman–Crippen LogP) is 2.33. The largest absolute Gasteiger partial charge is 0.462 e. The van der Waals surface area contributed by atoms with Crippen molar-refractivity contribution in [1.82, 2.24) is 0 Å². The van der Waals surface area contributed by atoms with Gasteiger partial charge in [-0.1, -0.05) is 6.07 Å². The molecular weight excluding hydrogens is 210 g/mol. The molecule has 1 aromatic rings. The van der Waals surface area contributed by atoms with E-state index in [0.717, 1.165) is 5.56 Å². The van der Waals surface area contributed by atoms with Gasteiger partial charge in [0, 0.05) is 4.90 Å². The van der Waals surface area contributed by atoms with Crippen LogP contribution >= 0.6 is 12.6 Å². The fraction of sp³-hybridized carbons (Fsp3) is 0.273. The average molecular weight is 221 g/mol. The molecule has 0 bridgehead atoms. The molecule has 0 atom stereocenters. The van der Waals surface area contributed by atoms with E-state index in [1.165, 1.54) is 0 Å². The number of rotatable bonds is 2. The minimum absolute atomic E-state index is 0.275. The molecule has 78 valence electrons. The van der Waals surface area contributed by atoms with Crippen molar-refractivity contribution in [3.63, 3.8) is 0 Å². The van der Waals surface area contributed by atoms with Gasteiger partial charge in [-0.3, -0.25) is 0 Å². The number of benzene rings is 1. The molecule has 0 amide bonds. The SMILES string of the molecule is CCOC(=O)c1c(C)ccc(S)c1C#N. The predicted molar refractivity (Wildman–Crippen MR) is 59.1 cm³/mol. The second-order valence-electron chi connectivity index (χ2n) is 2.98. The minimum Gasteiger partial charge on any atom is -0.462 e. The van der Waals surface area contributed by atoms with Crippen LogP contribution in [0, 0.1) is 18.3 Å². The summed E-state index contributed by atoms with van der Waals surface area (Å²) in [4.78, 5) is 12.1. The normalized spacial score (nSPS) is 9.47. The summed E-state index contributed by atoms with van der Waals surface area (Å²) in [5, 5.41) is 8.93. The third kappa shape index (κ3) is 2.31. The van der Waals surface area contributed by atoms with E-state index < -0.39 is 5.97 Å². The van der Waals surface area contributed by atoms with E-state index in [-0.39, 0.29) is 5.56 Å². The average Bonchev–Trinajstić information content (AvgIpc) is 2.21. The summed E-state index contributed by atoms with van der Waals surface area (Å²) in [6.07, 6.45) is 0. The summed E-state index contributed by atoms with van der Waals surface area (Å²) in [6, 6.07) is 5.41. The minimum atomic E-state index is -0.470. The summed E-state index contributed by atoms with van der Waals surface area (Å²) in [5.74, 6) is -0.470. The number of thiol groups is 1. The Bertz CT molecular complexity index is 435. The van der Waals surface area contributed by atoms with Crippen molar-refractivity contribution in [2.45, 2.75) is 18.7 Å². The highest BCUT2D eigenvalue weighted by Gasteiger charge is 2.17. The highest BCUT2D eigenvalue weighted by atomic mass is 32.1. The molecule has 0 saturated heterocycles. The van der Waals surface area contributed by atoms with E-state index in [2.05, 4.69) is 12.6 Å². The molecule has 0 aliphatic rings. The second kappa shape index (κ2) is 4.85. The van der Waals surface area contributed by atoms with E-state index in [1.54, 1.807) is 26.0 Å². The summed E-state index contributed by atoms with van der Waals surface area (Å²) in [6.45, 7) is 3.78. The molecule has 0 radical (unpaired) electrons. The van der Waals surface area contributed by atoms with E-state index in [4.69, 9.17) is 10.00 Å². The Balaban J connectivity index is 3.33.